The molecule has 0 radical (unpaired) electrons. The van der Waals surface area contributed by atoms with E-state index in [0.29, 0.717) is 25.3 Å². The molecule has 1 atom stereocenters. The molecule has 2 amide bonds. The summed E-state index contributed by atoms with van der Waals surface area (Å²) in [6.07, 6.45) is -0.138. The third kappa shape index (κ3) is 4.80. The number of carbonyl (C=O) groups is 3. The zero-order chi connectivity index (χ0) is 17.7. The van der Waals surface area contributed by atoms with Gasteiger partial charge in [-0.05, 0) is 30.2 Å². The maximum absolute atomic E-state index is 12.7. The van der Waals surface area contributed by atoms with Crippen molar-refractivity contribution in [2.45, 2.75) is 26.3 Å². The van der Waals surface area contributed by atoms with E-state index < -0.39 is 12.0 Å². The van der Waals surface area contributed by atoms with Crippen LogP contribution in [0.15, 0.2) is 28.7 Å². The standard InChI is InChI=1S/C17H21BrN2O4/c1-11(2)10-24-15(21)9-14-16(22)19-7-8-20(14)17(23)12-3-5-13(18)6-4-12/h3-6,11,14H,7-10H2,1-2H3,(H,19,22). The molecule has 1 saturated heterocycles. The monoisotopic (exact) mass is 396 g/mol. The Kier molecular flexibility index (Phi) is 6.36. The molecule has 1 aliphatic rings. The van der Waals surface area contributed by atoms with Crippen LogP contribution >= 0.6 is 15.9 Å². The number of rotatable bonds is 5. The van der Waals surface area contributed by atoms with Crippen molar-refractivity contribution in [3.63, 3.8) is 0 Å². The van der Waals surface area contributed by atoms with E-state index in [-0.39, 0.29) is 24.2 Å². The Morgan fingerprint density at radius 1 is 1.33 bits per heavy atom. The summed E-state index contributed by atoms with van der Waals surface area (Å²) < 4.78 is 6.01. The third-order valence-corrected chi connectivity index (χ3v) is 4.15. The second kappa shape index (κ2) is 8.28. The number of benzene rings is 1. The quantitative estimate of drug-likeness (QED) is 0.772. The van der Waals surface area contributed by atoms with Crippen molar-refractivity contribution in [3.8, 4) is 0 Å². The molecule has 1 unspecified atom stereocenters. The van der Waals surface area contributed by atoms with Gasteiger partial charge in [-0.25, -0.2) is 0 Å². The minimum Gasteiger partial charge on any atom is -0.465 e. The molecule has 1 fully saturated rings. The van der Waals surface area contributed by atoms with E-state index in [1.165, 1.54) is 4.90 Å². The highest BCUT2D eigenvalue weighted by atomic mass is 79.9. The van der Waals surface area contributed by atoms with Gasteiger partial charge < -0.3 is 15.0 Å². The second-order valence-corrected chi connectivity index (χ2v) is 7.01. The molecule has 6 nitrogen and oxygen atoms in total. The molecule has 0 aromatic heterocycles. The van der Waals surface area contributed by atoms with Crippen LogP contribution in [0.4, 0.5) is 0 Å². The highest BCUT2D eigenvalue weighted by molar-refractivity contribution is 9.10. The Bertz CT molecular complexity index is 616. The molecule has 24 heavy (non-hydrogen) atoms. The van der Waals surface area contributed by atoms with Crippen molar-refractivity contribution in [3.05, 3.63) is 34.3 Å². The molecule has 1 aromatic carbocycles. The van der Waals surface area contributed by atoms with Gasteiger partial charge in [-0.2, -0.15) is 0 Å². The van der Waals surface area contributed by atoms with Crippen molar-refractivity contribution in [2.75, 3.05) is 19.7 Å². The van der Waals surface area contributed by atoms with Crippen LogP contribution in [-0.2, 0) is 14.3 Å². The second-order valence-electron chi connectivity index (χ2n) is 6.09. The van der Waals surface area contributed by atoms with Crippen LogP contribution in [0.5, 0.6) is 0 Å². The molecule has 1 heterocycles. The van der Waals surface area contributed by atoms with Crippen molar-refractivity contribution in [2.24, 2.45) is 5.92 Å². The first-order chi connectivity index (χ1) is 11.4. The van der Waals surface area contributed by atoms with Crippen LogP contribution in [0.3, 0.4) is 0 Å². The number of nitrogens with zero attached hydrogens (tertiary/aromatic N) is 1. The Morgan fingerprint density at radius 2 is 2.00 bits per heavy atom. The van der Waals surface area contributed by atoms with E-state index in [9.17, 15) is 14.4 Å². The van der Waals surface area contributed by atoms with Gasteiger partial charge in [0, 0.05) is 23.1 Å². The molecule has 0 aliphatic carbocycles. The summed E-state index contributed by atoms with van der Waals surface area (Å²) >= 11 is 3.32. The van der Waals surface area contributed by atoms with Gasteiger partial charge in [0.2, 0.25) is 5.91 Å². The Morgan fingerprint density at radius 3 is 2.62 bits per heavy atom. The number of hydrogen-bond acceptors (Lipinski definition) is 4. The molecule has 130 valence electrons. The Hall–Kier alpha value is -1.89. The number of piperazine rings is 1. The van der Waals surface area contributed by atoms with Gasteiger partial charge in [0.05, 0.1) is 13.0 Å². The fourth-order valence-corrected chi connectivity index (χ4v) is 2.66. The van der Waals surface area contributed by atoms with Crippen molar-refractivity contribution in [1.82, 2.24) is 10.2 Å². The molecule has 0 bridgehead atoms. The molecule has 1 N–H and O–H groups in total. The topological polar surface area (TPSA) is 75.7 Å². The van der Waals surface area contributed by atoms with E-state index in [1.54, 1.807) is 24.3 Å². The summed E-state index contributed by atoms with van der Waals surface area (Å²) in [5.74, 6) is -0.846. The summed E-state index contributed by atoms with van der Waals surface area (Å²) in [6.45, 7) is 4.91. The van der Waals surface area contributed by atoms with Gasteiger partial charge in [-0.15, -0.1) is 0 Å². The van der Waals surface area contributed by atoms with E-state index in [0.717, 1.165) is 4.47 Å². The normalized spacial score (nSPS) is 17.6. The predicted molar refractivity (Wildman–Crippen MR) is 92.4 cm³/mol. The number of ether oxygens (including phenoxy) is 1. The lowest BCUT2D eigenvalue weighted by Gasteiger charge is -2.34. The first kappa shape index (κ1) is 18.4. The first-order valence-corrected chi connectivity index (χ1v) is 8.67. The van der Waals surface area contributed by atoms with Gasteiger partial charge >= 0.3 is 5.97 Å². The van der Waals surface area contributed by atoms with Crippen LogP contribution in [0.2, 0.25) is 0 Å². The lowest BCUT2D eigenvalue weighted by atomic mass is 10.1. The summed E-state index contributed by atoms with van der Waals surface area (Å²) in [5.41, 5.74) is 0.480. The minimum atomic E-state index is -0.838. The molecule has 0 saturated carbocycles. The van der Waals surface area contributed by atoms with Gasteiger partial charge in [0.25, 0.3) is 5.91 Å². The van der Waals surface area contributed by atoms with E-state index in [2.05, 4.69) is 21.2 Å². The number of esters is 1. The van der Waals surface area contributed by atoms with Gasteiger partial charge in [0.15, 0.2) is 0 Å². The van der Waals surface area contributed by atoms with Crippen LogP contribution in [0, 0.1) is 5.92 Å². The third-order valence-electron chi connectivity index (χ3n) is 3.62. The molecular formula is C17H21BrN2O4. The molecule has 7 heteroatoms. The maximum Gasteiger partial charge on any atom is 0.308 e. The zero-order valence-corrected chi connectivity index (χ0v) is 15.3. The molecular weight excluding hydrogens is 376 g/mol. The molecule has 2 rings (SSSR count). The first-order valence-electron chi connectivity index (χ1n) is 7.88. The van der Waals surface area contributed by atoms with Gasteiger partial charge in [-0.3, -0.25) is 14.4 Å². The van der Waals surface area contributed by atoms with Crippen molar-refractivity contribution < 1.29 is 19.1 Å². The van der Waals surface area contributed by atoms with Crippen molar-refractivity contribution >= 4 is 33.7 Å². The molecule has 0 spiro atoms. The Labute approximate surface area is 149 Å². The summed E-state index contributed by atoms with van der Waals surface area (Å²) in [5, 5.41) is 2.70. The summed E-state index contributed by atoms with van der Waals surface area (Å²) in [6, 6.07) is 6.07. The highest BCUT2D eigenvalue weighted by Gasteiger charge is 2.35. The maximum atomic E-state index is 12.7. The number of amides is 2. The number of nitrogens with one attached hydrogen (secondary N) is 1. The van der Waals surface area contributed by atoms with Crippen molar-refractivity contribution in [1.29, 1.82) is 0 Å². The summed E-state index contributed by atoms with van der Waals surface area (Å²) in [4.78, 5) is 38.2. The fraction of sp³-hybridized carbons (Fsp3) is 0.471. The van der Waals surface area contributed by atoms with E-state index in [4.69, 9.17) is 4.74 Å². The zero-order valence-electron chi connectivity index (χ0n) is 13.8. The van der Waals surface area contributed by atoms with Crippen LogP contribution < -0.4 is 5.32 Å². The van der Waals surface area contributed by atoms with Crippen LogP contribution in [-0.4, -0.2) is 48.4 Å². The minimum absolute atomic E-state index is 0.138. The average molecular weight is 397 g/mol. The number of halogens is 1. The fourth-order valence-electron chi connectivity index (χ4n) is 2.40. The highest BCUT2D eigenvalue weighted by Crippen LogP contribution is 2.17. The predicted octanol–water partition coefficient (Wildman–Crippen LogP) is 1.98. The Balaban J connectivity index is 2.10. The van der Waals surface area contributed by atoms with E-state index >= 15 is 0 Å². The van der Waals surface area contributed by atoms with E-state index in [1.807, 2.05) is 13.8 Å². The van der Waals surface area contributed by atoms with Gasteiger partial charge in [0.1, 0.15) is 6.04 Å². The smallest absolute Gasteiger partial charge is 0.308 e. The van der Waals surface area contributed by atoms with Gasteiger partial charge in [-0.1, -0.05) is 29.8 Å². The average Bonchev–Trinajstić information content (AvgIpc) is 2.55. The number of hydrogen-bond donors (Lipinski definition) is 1. The lowest BCUT2D eigenvalue weighted by molar-refractivity contribution is -0.148. The largest absolute Gasteiger partial charge is 0.465 e. The molecule has 1 aliphatic heterocycles. The van der Waals surface area contributed by atoms with Crippen LogP contribution in [0.1, 0.15) is 30.6 Å². The van der Waals surface area contributed by atoms with Crippen LogP contribution in [0.25, 0.3) is 0 Å². The summed E-state index contributed by atoms with van der Waals surface area (Å²) in [7, 11) is 0. The molecule has 1 aromatic rings. The SMILES string of the molecule is CC(C)COC(=O)CC1C(=O)NCCN1C(=O)c1ccc(Br)cc1. The lowest BCUT2D eigenvalue weighted by Crippen LogP contribution is -2.57. The number of carbonyl (C=O) groups excluding carboxylic acids is 3.